The minimum Gasteiger partial charge on any atom is -0.486 e. The maximum absolute atomic E-state index is 5.39. The van der Waals surface area contributed by atoms with E-state index in [2.05, 4.69) is 22.9 Å². The second-order valence-corrected chi connectivity index (χ2v) is 7.67. The average molecular weight is 408 g/mol. The summed E-state index contributed by atoms with van der Waals surface area (Å²) in [4.78, 5) is 0. The van der Waals surface area contributed by atoms with Gasteiger partial charge in [0.1, 0.15) is 0 Å². The van der Waals surface area contributed by atoms with Crippen molar-refractivity contribution in [3.8, 4) is 0 Å². The molecular weight excluding hydrogens is 368 g/mol. The third kappa shape index (κ3) is 20.3. The molecular formula is C20H39BrOS. The molecule has 1 nitrogen and oxygen atoms in total. The van der Waals surface area contributed by atoms with Gasteiger partial charge in [0, 0.05) is 0 Å². The second kappa shape index (κ2) is 20.4. The molecule has 138 valence electrons. The Hall–Kier alpha value is 0.370. The highest BCUT2D eigenvalue weighted by atomic mass is 79.9. The number of hydrogen-bond donors (Lipinski definition) is 0. The van der Waals surface area contributed by atoms with Crippen molar-refractivity contribution in [3.05, 3.63) is 0 Å². The molecule has 3 heteroatoms. The molecule has 0 aliphatic heterocycles. The van der Waals surface area contributed by atoms with E-state index < -0.39 is 0 Å². The third-order valence-electron chi connectivity index (χ3n) is 4.37. The maximum Gasteiger partial charge on any atom is 0.170 e. The van der Waals surface area contributed by atoms with Gasteiger partial charge >= 0.3 is 0 Å². The predicted molar refractivity (Wildman–Crippen MR) is 112 cm³/mol. The Balaban J connectivity index is 2.99. The zero-order chi connectivity index (χ0) is 17.0. The van der Waals surface area contributed by atoms with E-state index in [4.69, 9.17) is 17.0 Å². The topological polar surface area (TPSA) is 9.23 Å². The van der Waals surface area contributed by atoms with Gasteiger partial charge < -0.3 is 4.74 Å². The van der Waals surface area contributed by atoms with Crippen molar-refractivity contribution >= 4 is 33.2 Å². The highest BCUT2D eigenvalue weighted by molar-refractivity contribution is 9.09. The lowest BCUT2D eigenvalue weighted by atomic mass is 10.0. The first-order valence-electron chi connectivity index (χ1n) is 10.0. The van der Waals surface area contributed by atoms with Gasteiger partial charge in [-0.1, -0.05) is 119 Å². The molecule has 0 fully saturated rings. The number of hydrogen-bond acceptors (Lipinski definition) is 2. The number of alkyl halides is 1. The van der Waals surface area contributed by atoms with Gasteiger partial charge in [0.2, 0.25) is 0 Å². The molecule has 0 atom stereocenters. The Labute approximate surface area is 159 Å². The molecule has 0 saturated carbocycles. The van der Waals surface area contributed by atoms with Crippen molar-refractivity contribution in [2.75, 3.05) is 11.9 Å². The van der Waals surface area contributed by atoms with Crippen LogP contribution in [0.3, 0.4) is 0 Å². The molecule has 0 aromatic heterocycles. The van der Waals surface area contributed by atoms with Crippen LogP contribution in [0.5, 0.6) is 0 Å². The van der Waals surface area contributed by atoms with Gasteiger partial charge in [0.15, 0.2) is 5.05 Å². The van der Waals surface area contributed by atoms with Gasteiger partial charge in [-0.15, -0.1) is 0 Å². The molecule has 0 aliphatic rings. The van der Waals surface area contributed by atoms with Crippen LogP contribution in [0.2, 0.25) is 0 Å². The molecule has 0 amide bonds. The lowest BCUT2D eigenvalue weighted by Crippen LogP contribution is -2.03. The van der Waals surface area contributed by atoms with Crippen LogP contribution in [0.25, 0.3) is 0 Å². The monoisotopic (exact) mass is 406 g/mol. The summed E-state index contributed by atoms with van der Waals surface area (Å²) in [5.74, 6) is 0. The zero-order valence-electron chi connectivity index (χ0n) is 15.4. The van der Waals surface area contributed by atoms with Crippen LogP contribution >= 0.6 is 28.1 Å². The molecule has 0 aromatic carbocycles. The molecule has 23 heavy (non-hydrogen) atoms. The first-order chi connectivity index (χ1) is 11.3. The Bertz CT molecular complexity index is 246. The average Bonchev–Trinajstić information content (AvgIpc) is 2.57. The van der Waals surface area contributed by atoms with Crippen LogP contribution in [-0.2, 0) is 4.74 Å². The largest absolute Gasteiger partial charge is 0.486 e. The van der Waals surface area contributed by atoms with Crippen LogP contribution in [0.15, 0.2) is 0 Å². The number of thiocarbonyl (C=S) groups is 1. The van der Waals surface area contributed by atoms with Crippen molar-refractivity contribution in [2.45, 2.75) is 110 Å². The SMILES string of the molecule is CCCCCCCCCCCCCCCCCCOC(=S)CBr. The number of rotatable bonds is 18. The standard InChI is InChI=1S/C20H39BrOS/c1-2-3-4-5-6-7-8-9-10-11-12-13-14-15-16-17-18-22-20(23)19-21/h2-19H2,1H3. The van der Waals surface area contributed by atoms with E-state index in [1.165, 1.54) is 96.3 Å². The van der Waals surface area contributed by atoms with E-state index in [9.17, 15) is 0 Å². The van der Waals surface area contributed by atoms with Crippen LogP contribution in [-0.4, -0.2) is 17.0 Å². The summed E-state index contributed by atoms with van der Waals surface area (Å²) in [5, 5.41) is 1.37. The Morgan fingerprint density at radius 2 is 1.00 bits per heavy atom. The van der Waals surface area contributed by atoms with Gasteiger partial charge in [-0.05, 0) is 18.6 Å². The summed E-state index contributed by atoms with van der Waals surface area (Å²) < 4.78 is 5.39. The van der Waals surface area contributed by atoms with E-state index in [1.54, 1.807) is 0 Å². The Morgan fingerprint density at radius 1 is 0.652 bits per heavy atom. The van der Waals surface area contributed by atoms with Crippen molar-refractivity contribution in [1.82, 2.24) is 0 Å². The van der Waals surface area contributed by atoms with Crippen molar-refractivity contribution < 1.29 is 4.74 Å². The molecule has 0 aromatic rings. The Morgan fingerprint density at radius 3 is 1.35 bits per heavy atom. The molecule has 0 radical (unpaired) electrons. The number of ether oxygens (including phenoxy) is 1. The molecule has 0 heterocycles. The van der Waals surface area contributed by atoms with Crippen molar-refractivity contribution in [3.63, 3.8) is 0 Å². The summed E-state index contributed by atoms with van der Waals surface area (Å²) in [6.45, 7) is 3.08. The molecule has 0 bridgehead atoms. The van der Waals surface area contributed by atoms with Gasteiger partial charge in [-0.2, -0.15) is 0 Å². The normalized spacial score (nSPS) is 10.9. The highest BCUT2D eigenvalue weighted by Gasteiger charge is 1.96. The minimum absolute atomic E-state index is 0.682. The molecule has 0 rings (SSSR count). The summed E-state index contributed by atoms with van der Waals surface area (Å²) in [6.07, 6.45) is 22.4. The minimum atomic E-state index is 0.682. The van der Waals surface area contributed by atoms with E-state index in [-0.39, 0.29) is 0 Å². The fourth-order valence-electron chi connectivity index (χ4n) is 2.87. The van der Waals surface area contributed by atoms with Crippen LogP contribution in [0.4, 0.5) is 0 Å². The van der Waals surface area contributed by atoms with Gasteiger partial charge in [-0.3, -0.25) is 0 Å². The van der Waals surface area contributed by atoms with Crippen LogP contribution in [0, 0.1) is 0 Å². The lowest BCUT2D eigenvalue weighted by Gasteiger charge is -2.05. The van der Waals surface area contributed by atoms with Gasteiger partial charge in [0.25, 0.3) is 0 Å². The summed E-state index contributed by atoms with van der Waals surface area (Å²) in [6, 6.07) is 0. The smallest absolute Gasteiger partial charge is 0.170 e. The Kier molecular flexibility index (Phi) is 20.7. The second-order valence-electron chi connectivity index (χ2n) is 6.66. The first-order valence-corrected chi connectivity index (χ1v) is 11.6. The van der Waals surface area contributed by atoms with Gasteiger partial charge in [0.05, 0.1) is 11.9 Å². The number of unbranched alkanes of at least 4 members (excludes halogenated alkanes) is 15. The molecule has 0 saturated heterocycles. The maximum atomic E-state index is 5.39. The fourth-order valence-corrected chi connectivity index (χ4v) is 3.12. The quantitative estimate of drug-likeness (QED) is 0.129. The molecule has 0 aliphatic carbocycles. The zero-order valence-corrected chi connectivity index (χ0v) is 17.8. The van der Waals surface area contributed by atoms with E-state index in [0.29, 0.717) is 10.4 Å². The van der Waals surface area contributed by atoms with E-state index in [0.717, 1.165) is 13.0 Å². The highest BCUT2D eigenvalue weighted by Crippen LogP contribution is 2.13. The molecule has 0 N–H and O–H groups in total. The van der Waals surface area contributed by atoms with E-state index >= 15 is 0 Å². The van der Waals surface area contributed by atoms with Crippen LogP contribution < -0.4 is 0 Å². The summed E-state index contributed by atoms with van der Waals surface area (Å²) in [5.41, 5.74) is 0. The molecule has 0 spiro atoms. The predicted octanol–water partition coefficient (Wildman–Crippen LogP) is 7.99. The third-order valence-corrected chi connectivity index (χ3v) is 5.51. The lowest BCUT2D eigenvalue weighted by molar-refractivity contribution is 0.298. The fraction of sp³-hybridized carbons (Fsp3) is 0.950. The first kappa shape index (κ1) is 23.4. The molecule has 0 unspecified atom stereocenters. The summed E-state index contributed by atoms with van der Waals surface area (Å²) in [7, 11) is 0. The van der Waals surface area contributed by atoms with Crippen LogP contribution in [0.1, 0.15) is 110 Å². The van der Waals surface area contributed by atoms with E-state index in [1.807, 2.05) is 0 Å². The number of halogens is 1. The summed E-state index contributed by atoms with van der Waals surface area (Å²) >= 11 is 8.30. The van der Waals surface area contributed by atoms with Crippen molar-refractivity contribution in [2.24, 2.45) is 0 Å². The van der Waals surface area contributed by atoms with Crippen molar-refractivity contribution in [1.29, 1.82) is 0 Å². The van der Waals surface area contributed by atoms with Gasteiger partial charge in [-0.25, -0.2) is 0 Å².